The Morgan fingerprint density at radius 3 is 2.92 bits per heavy atom. The second-order valence-electron chi connectivity index (χ2n) is 1.94. The molecule has 0 amide bonds. The van der Waals surface area contributed by atoms with Crippen LogP contribution in [0.5, 0.6) is 5.75 Å². The summed E-state index contributed by atoms with van der Waals surface area (Å²) in [6.45, 7) is -0.00813. The third-order valence-electron chi connectivity index (χ3n) is 1.12. The summed E-state index contributed by atoms with van der Waals surface area (Å²) < 4.78 is 4.96. The third-order valence-corrected chi connectivity index (χ3v) is 1.83. The zero-order valence-electron chi connectivity index (χ0n) is 5.97. The van der Waals surface area contributed by atoms with Crippen molar-refractivity contribution < 1.29 is 4.74 Å². The molecule has 0 N–H and O–H groups in total. The summed E-state index contributed by atoms with van der Waals surface area (Å²) in [5.74, 6) is 0.492. The molecule has 0 spiro atoms. The van der Waals surface area contributed by atoms with Gasteiger partial charge in [-0.2, -0.15) is 5.26 Å². The number of hydrogen-bond acceptors (Lipinski definition) is 2. The zero-order valence-corrected chi connectivity index (χ0v) is 7.49. The Labute approximate surface area is 80.3 Å². The molecule has 0 aliphatic rings. The van der Waals surface area contributed by atoms with Crippen LogP contribution in [0.25, 0.3) is 0 Å². The maximum atomic E-state index is 8.21. The first kappa shape index (κ1) is 9.18. The van der Waals surface area contributed by atoms with E-state index in [9.17, 15) is 0 Å². The summed E-state index contributed by atoms with van der Waals surface area (Å²) in [5, 5.41) is 8.92. The van der Waals surface area contributed by atoms with Crippen molar-refractivity contribution in [2.45, 2.75) is 0 Å². The molecule has 0 aromatic heterocycles. The van der Waals surface area contributed by atoms with Crippen molar-refractivity contribution in [3.8, 4) is 11.8 Å². The van der Waals surface area contributed by atoms with E-state index in [-0.39, 0.29) is 6.61 Å². The first-order valence-electron chi connectivity index (χ1n) is 3.10. The van der Waals surface area contributed by atoms with Gasteiger partial charge < -0.3 is 4.74 Å². The number of rotatable bonds is 2. The first-order valence-corrected chi connectivity index (χ1v) is 3.86. The lowest BCUT2D eigenvalue weighted by Gasteiger charge is -2.01. The van der Waals surface area contributed by atoms with E-state index in [1.807, 2.05) is 6.07 Å². The fourth-order valence-electron chi connectivity index (χ4n) is 0.632. The van der Waals surface area contributed by atoms with Gasteiger partial charge in [-0.05, 0) is 6.07 Å². The van der Waals surface area contributed by atoms with E-state index in [2.05, 4.69) is 6.07 Å². The van der Waals surface area contributed by atoms with Gasteiger partial charge in [0.2, 0.25) is 0 Å². The van der Waals surface area contributed by atoms with Gasteiger partial charge in [0.25, 0.3) is 0 Å². The predicted octanol–water partition coefficient (Wildman–Crippen LogP) is 2.70. The maximum Gasteiger partial charge on any atom is 0.174 e. The normalized spacial score (nSPS) is 9.08. The van der Waals surface area contributed by atoms with Crippen LogP contribution < -0.4 is 4.74 Å². The van der Waals surface area contributed by atoms with E-state index in [0.717, 1.165) is 0 Å². The molecule has 0 aliphatic carbocycles. The Kier molecular flexibility index (Phi) is 3.21. The highest BCUT2D eigenvalue weighted by atomic mass is 35.5. The van der Waals surface area contributed by atoms with Gasteiger partial charge in [-0.1, -0.05) is 23.2 Å². The van der Waals surface area contributed by atoms with Crippen LogP contribution in [-0.4, -0.2) is 6.61 Å². The Balaban J connectivity index is 2.77. The van der Waals surface area contributed by atoms with Gasteiger partial charge in [0, 0.05) is 12.1 Å². The van der Waals surface area contributed by atoms with Crippen LogP contribution in [0.1, 0.15) is 0 Å². The monoisotopic (exact) mass is 200 g/mol. The molecule has 0 fully saturated rings. The lowest BCUT2D eigenvalue weighted by Crippen LogP contribution is -1.92. The largest absolute Gasteiger partial charge is 0.479 e. The molecule has 0 saturated carbocycles. The summed E-state index contributed by atoms with van der Waals surface area (Å²) in [7, 11) is 0. The second-order valence-corrected chi connectivity index (χ2v) is 2.73. The van der Waals surface area contributed by atoms with Crippen LogP contribution in [0.15, 0.2) is 12.1 Å². The average molecular weight is 201 g/mol. The SMILES string of the molecule is N#CCOc1c[c]c(Cl)c(Cl)c1. The molecule has 0 saturated heterocycles. The predicted molar refractivity (Wildman–Crippen MR) is 46.4 cm³/mol. The van der Waals surface area contributed by atoms with Crippen molar-refractivity contribution in [3.63, 3.8) is 0 Å². The molecule has 4 heteroatoms. The van der Waals surface area contributed by atoms with E-state index in [0.29, 0.717) is 15.8 Å². The molecule has 1 aromatic carbocycles. The zero-order chi connectivity index (χ0) is 8.97. The number of benzene rings is 1. The van der Waals surface area contributed by atoms with Crippen LogP contribution >= 0.6 is 23.2 Å². The number of nitriles is 1. The van der Waals surface area contributed by atoms with E-state index in [1.54, 1.807) is 0 Å². The van der Waals surface area contributed by atoms with Crippen LogP contribution in [0.3, 0.4) is 0 Å². The molecular formula is C8H4Cl2NO. The minimum absolute atomic E-state index is 0.00813. The lowest BCUT2D eigenvalue weighted by molar-refractivity contribution is 0.368. The summed E-state index contributed by atoms with van der Waals surface area (Å²) in [6.07, 6.45) is 0. The standard InChI is InChI=1S/C8H4Cl2NO/c9-7-2-1-6(5-8(7)10)12-4-3-11/h1,5H,4H2. The van der Waals surface area contributed by atoms with Crippen molar-refractivity contribution in [2.24, 2.45) is 0 Å². The minimum atomic E-state index is -0.00813. The third kappa shape index (κ3) is 2.30. The molecule has 1 aromatic rings. The van der Waals surface area contributed by atoms with Gasteiger partial charge in [-0.15, -0.1) is 0 Å². The number of hydrogen-bond donors (Lipinski definition) is 0. The molecule has 61 valence electrons. The van der Waals surface area contributed by atoms with Crippen molar-refractivity contribution in [2.75, 3.05) is 6.61 Å². The Morgan fingerprint density at radius 1 is 1.58 bits per heavy atom. The van der Waals surface area contributed by atoms with Gasteiger partial charge in [0.05, 0.1) is 10.0 Å². The van der Waals surface area contributed by atoms with Gasteiger partial charge in [-0.25, -0.2) is 0 Å². The van der Waals surface area contributed by atoms with Gasteiger partial charge >= 0.3 is 0 Å². The first-order chi connectivity index (χ1) is 5.74. The van der Waals surface area contributed by atoms with E-state index in [1.165, 1.54) is 12.1 Å². The molecule has 1 rings (SSSR count). The van der Waals surface area contributed by atoms with E-state index in [4.69, 9.17) is 33.2 Å². The smallest absolute Gasteiger partial charge is 0.174 e. The molecule has 0 heterocycles. The molecule has 0 aliphatic heterocycles. The highest BCUT2D eigenvalue weighted by Gasteiger charge is 1.99. The van der Waals surface area contributed by atoms with Gasteiger partial charge in [-0.3, -0.25) is 0 Å². The summed E-state index contributed by atoms with van der Waals surface area (Å²) >= 11 is 11.3. The average Bonchev–Trinajstić information content (AvgIpc) is 2.07. The number of halogens is 2. The van der Waals surface area contributed by atoms with Crippen LogP contribution in [0, 0.1) is 17.4 Å². The topological polar surface area (TPSA) is 33.0 Å². The van der Waals surface area contributed by atoms with Crippen molar-refractivity contribution in [3.05, 3.63) is 28.2 Å². The highest BCUT2D eigenvalue weighted by molar-refractivity contribution is 6.41. The highest BCUT2D eigenvalue weighted by Crippen LogP contribution is 2.25. The van der Waals surface area contributed by atoms with Crippen LogP contribution in [0.2, 0.25) is 10.0 Å². The molecule has 0 bridgehead atoms. The number of ether oxygens (including phenoxy) is 1. The summed E-state index contributed by atoms with van der Waals surface area (Å²) in [6, 6.07) is 7.59. The lowest BCUT2D eigenvalue weighted by atomic mass is 10.3. The summed E-state index contributed by atoms with van der Waals surface area (Å²) in [4.78, 5) is 0. The van der Waals surface area contributed by atoms with Crippen LogP contribution in [-0.2, 0) is 0 Å². The van der Waals surface area contributed by atoms with Gasteiger partial charge in [0.15, 0.2) is 6.61 Å². The molecule has 1 radical (unpaired) electrons. The van der Waals surface area contributed by atoms with E-state index < -0.39 is 0 Å². The molecule has 0 atom stereocenters. The van der Waals surface area contributed by atoms with Crippen molar-refractivity contribution >= 4 is 23.2 Å². The van der Waals surface area contributed by atoms with Gasteiger partial charge in [0.1, 0.15) is 11.8 Å². The van der Waals surface area contributed by atoms with Crippen molar-refractivity contribution in [1.29, 1.82) is 5.26 Å². The maximum absolute atomic E-state index is 8.21. The molecule has 12 heavy (non-hydrogen) atoms. The Bertz CT molecular complexity index is 319. The minimum Gasteiger partial charge on any atom is -0.479 e. The fraction of sp³-hybridized carbons (Fsp3) is 0.125. The Morgan fingerprint density at radius 2 is 2.33 bits per heavy atom. The quantitative estimate of drug-likeness (QED) is 0.736. The van der Waals surface area contributed by atoms with Crippen molar-refractivity contribution in [1.82, 2.24) is 0 Å². The fourth-order valence-corrected chi connectivity index (χ4v) is 0.904. The molecular weight excluding hydrogens is 197 g/mol. The molecule has 0 unspecified atom stereocenters. The van der Waals surface area contributed by atoms with Crippen LogP contribution in [0.4, 0.5) is 0 Å². The molecule has 2 nitrogen and oxygen atoms in total. The Hall–Kier alpha value is -0.910. The second kappa shape index (κ2) is 4.20. The number of nitrogens with zero attached hydrogens (tertiary/aromatic N) is 1. The van der Waals surface area contributed by atoms with E-state index >= 15 is 0 Å². The summed E-state index contributed by atoms with van der Waals surface area (Å²) in [5.41, 5.74) is 0.